The van der Waals surface area contributed by atoms with Crippen LogP contribution < -0.4 is 10.4 Å². The van der Waals surface area contributed by atoms with Gasteiger partial charge in [0.2, 0.25) is 0 Å². The Balaban J connectivity index is 2.01. The lowest BCUT2D eigenvalue weighted by Crippen LogP contribution is -2.28. The maximum absolute atomic E-state index is 12.5. The van der Waals surface area contributed by atoms with Crippen molar-refractivity contribution in [1.82, 2.24) is 0 Å². The highest BCUT2D eigenvalue weighted by atomic mass is 16.5. The Kier molecular flexibility index (Phi) is 3.00. The quantitative estimate of drug-likeness (QED) is 0.634. The minimum atomic E-state index is -0.297. The van der Waals surface area contributed by atoms with Crippen molar-refractivity contribution in [3.8, 4) is 5.75 Å². The number of para-hydroxylation sites is 1. The Morgan fingerprint density at radius 3 is 2.55 bits per heavy atom. The summed E-state index contributed by atoms with van der Waals surface area (Å²) in [6, 6.07) is 17.6. The first-order valence-electron chi connectivity index (χ1n) is 7.51. The number of hydrogen-bond acceptors (Lipinski definition) is 3. The van der Waals surface area contributed by atoms with Crippen molar-refractivity contribution in [3.05, 3.63) is 76.1 Å². The van der Waals surface area contributed by atoms with Gasteiger partial charge in [0, 0.05) is 5.92 Å². The fraction of sp³-hybridized carbons (Fsp3) is 0.211. The highest BCUT2D eigenvalue weighted by Crippen LogP contribution is 2.41. The van der Waals surface area contributed by atoms with Gasteiger partial charge in [-0.05, 0) is 31.0 Å². The van der Waals surface area contributed by atoms with E-state index in [4.69, 9.17) is 9.15 Å². The van der Waals surface area contributed by atoms with E-state index in [0.29, 0.717) is 16.9 Å². The molecule has 22 heavy (non-hydrogen) atoms. The maximum Gasteiger partial charge on any atom is 0.343 e. The standard InChI is InChI=1S/C19H16O3/c1-12-11-15(13-7-3-2-4-8-13)17-18(21-12)14-9-5-6-10-16(14)22-19(17)20/h2-10,12,15H,11H2,1H3/t12-,15+/m1/s1. The molecule has 0 spiro atoms. The summed E-state index contributed by atoms with van der Waals surface area (Å²) in [5.74, 6) is 0.695. The van der Waals surface area contributed by atoms with Crippen LogP contribution in [0.1, 0.15) is 30.4 Å². The van der Waals surface area contributed by atoms with E-state index in [9.17, 15) is 4.79 Å². The van der Waals surface area contributed by atoms with Gasteiger partial charge in [0.25, 0.3) is 0 Å². The van der Waals surface area contributed by atoms with Crippen molar-refractivity contribution in [2.45, 2.75) is 25.4 Å². The minimum absolute atomic E-state index is 0.0146. The SMILES string of the molecule is C[C@@H]1C[C@@H](c2ccccc2)c2c(c3ccccc3oc2=O)O1. The molecule has 2 heterocycles. The van der Waals surface area contributed by atoms with Gasteiger partial charge in [-0.3, -0.25) is 0 Å². The molecule has 3 heteroatoms. The number of benzene rings is 2. The zero-order valence-electron chi connectivity index (χ0n) is 12.3. The first-order chi connectivity index (χ1) is 10.7. The molecule has 1 aromatic heterocycles. The smallest absolute Gasteiger partial charge is 0.343 e. The van der Waals surface area contributed by atoms with Crippen molar-refractivity contribution in [2.24, 2.45) is 0 Å². The number of fused-ring (bicyclic) bond motifs is 3. The van der Waals surface area contributed by atoms with Crippen LogP contribution >= 0.6 is 0 Å². The van der Waals surface area contributed by atoms with Gasteiger partial charge < -0.3 is 9.15 Å². The molecule has 0 N–H and O–H groups in total. The molecule has 0 saturated carbocycles. The van der Waals surface area contributed by atoms with E-state index in [-0.39, 0.29) is 17.6 Å². The lowest BCUT2D eigenvalue weighted by atomic mass is 9.85. The normalized spacial score (nSPS) is 20.4. The molecule has 0 saturated heterocycles. The summed E-state index contributed by atoms with van der Waals surface area (Å²) in [7, 11) is 0. The van der Waals surface area contributed by atoms with Crippen molar-refractivity contribution in [3.63, 3.8) is 0 Å². The van der Waals surface area contributed by atoms with Gasteiger partial charge in [0.1, 0.15) is 11.3 Å². The number of ether oxygens (including phenoxy) is 1. The molecule has 1 aliphatic heterocycles. The zero-order valence-corrected chi connectivity index (χ0v) is 12.3. The molecule has 110 valence electrons. The van der Waals surface area contributed by atoms with Crippen LogP contribution in [0.4, 0.5) is 0 Å². The van der Waals surface area contributed by atoms with Crippen molar-refractivity contribution < 1.29 is 9.15 Å². The average Bonchev–Trinajstić information content (AvgIpc) is 2.55. The fourth-order valence-electron chi connectivity index (χ4n) is 3.25. The lowest BCUT2D eigenvalue weighted by Gasteiger charge is -2.30. The van der Waals surface area contributed by atoms with E-state index in [1.165, 1.54) is 0 Å². The lowest BCUT2D eigenvalue weighted by molar-refractivity contribution is 0.182. The van der Waals surface area contributed by atoms with Crippen LogP contribution in [0.25, 0.3) is 11.0 Å². The molecule has 2 atom stereocenters. The van der Waals surface area contributed by atoms with E-state index >= 15 is 0 Å². The van der Waals surface area contributed by atoms with Crippen LogP contribution in [0.15, 0.2) is 63.8 Å². The van der Waals surface area contributed by atoms with Crippen LogP contribution in [-0.2, 0) is 0 Å². The molecule has 3 nitrogen and oxygen atoms in total. The molecular formula is C19H16O3. The Bertz CT molecular complexity index is 880. The highest BCUT2D eigenvalue weighted by Gasteiger charge is 2.32. The van der Waals surface area contributed by atoms with Gasteiger partial charge in [-0.1, -0.05) is 42.5 Å². The summed E-state index contributed by atoms with van der Waals surface area (Å²) in [5, 5.41) is 0.865. The zero-order chi connectivity index (χ0) is 15.1. The first kappa shape index (κ1) is 13.1. The topological polar surface area (TPSA) is 39.4 Å². The number of rotatable bonds is 1. The van der Waals surface area contributed by atoms with Crippen LogP contribution in [0.2, 0.25) is 0 Å². The second kappa shape index (κ2) is 5.02. The molecule has 0 fully saturated rings. The third-order valence-electron chi connectivity index (χ3n) is 4.24. The van der Waals surface area contributed by atoms with Crippen LogP contribution in [0, 0.1) is 0 Å². The molecule has 2 aromatic carbocycles. The molecule has 0 unspecified atom stereocenters. The van der Waals surface area contributed by atoms with Gasteiger partial charge in [-0.25, -0.2) is 4.79 Å². The predicted octanol–water partition coefficient (Wildman–Crippen LogP) is 4.10. The minimum Gasteiger partial charge on any atom is -0.489 e. The summed E-state index contributed by atoms with van der Waals surface area (Å²) in [4.78, 5) is 12.5. The van der Waals surface area contributed by atoms with Gasteiger partial charge in [0.05, 0.1) is 17.1 Å². The Labute approximate surface area is 128 Å². The van der Waals surface area contributed by atoms with Gasteiger partial charge in [-0.2, -0.15) is 0 Å². The molecule has 0 radical (unpaired) electrons. The van der Waals surface area contributed by atoms with Crippen LogP contribution in [-0.4, -0.2) is 6.10 Å². The van der Waals surface area contributed by atoms with E-state index < -0.39 is 0 Å². The molecule has 4 rings (SSSR count). The average molecular weight is 292 g/mol. The van der Waals surface area contributed by atoms with Crippen molar-refractivity contribution in [2.75, 3.05) is 0 Å². The molecule has 0 amide bonds. The maximum atomic E-state index is 12.5. The summed E-state index contributed by atoms with van der Waals surface area (Å²) in [6.45, 7) is 2.04. The molecule has 0 aliphatic carbocycles. The fourth-order valence-corrected chi connectivity index (χ4v) is 3.25. The van der Waals surface area contributed by atoms with Crippen molar-refractivity contribution >= 4 is 11.0 Å². The van der Waals surface area contributed by atoms with Crippen LogP contribution in [0.3, 0.4) is 0 Å². The second-order valence-electron chi connectivity index (χ2n) is 5.76. The molecule has 3 aromatic rings. The predicted molar refractivity (Wildman–Crippen MR) is 85.5 cm³/mol. The van der Waals surface area contributed by atoms with Crippen molar-refractivity contribution in [1.29, 1.82) is 0 Å². The second-order valence-corrected chi connectivity index (χ2v) is 5.76. The van der Waals surface area contributed by atoms with E-state index in [0.717, 1.165) is 17.4 Å². The molecular weight excluding hydrogens is 276 g/mol. The summed E-state index contributed by atoms with van der Waals surface area (Å²) >= 11 is 0. The monoisotopic (exact) mass is 292 g/mol. The Morgan fingerprint density at radius 2 is 1.73 bits per heavy atom. The Hall–Kier alpha value is -2.55. The van der Waals surface area contributed by atoms with E-state index in [1.807, 2.05) is 43.3 Å². The molecule has 1 aliphatic rings. The van der Waals surface area contributed by atoms with Gasteiger partial charge in [-0.15, -0.1) is 0 Å². The van der Waals surface area contributed by atoms with E-state index in [1.54, 1.807) is 6.07 Å². The van der Waals surface area contributed by atoms with Gasteiger partial charge in [0.15, 0.2) is 0 Å². The largest absolute Gasteiger partial charge is 0.489 e. The van der Waals surface area contributed by atoms with Crippen LogP contribution in [0.5, 0.6) is 5.75 Å². The summed E-state index contributed by atoms with van der Waals surface area (Å²) in [5.41, 5.74) is 2.05. The highest BCUT2D eigenvalue weighted by molar-refractivity contribution is 5.85. The number of hydrogen-bond donors (Lipinski definition) is 0. The Morgan fingerprint density at radius 1 is 1.00 bits per heavy atom. The van der Waals surface area contributed by atoms with E-state index in [2.05, 4.69) is 12.1 Å². The third kappa shape index (κ3) is 2.01. The first-order valence-corrected chi connectivity index (χ1v) is 7.51. The summed E-state index contributed by atoms with van der Waals surface area (Å²) in [6.07, 6.45) is 0.836. The molecule has 0 bridgehead atoms. The third-order valence-corrected chi connectivity index (χ3v) is 4.24. The summed E-state index contributed by atoms with van der Waals surface area (Å²) < 4.78 is 11.5. The van der Waals surface area contributed by atoms with Gasteiger partial charge >= 0.3 is 5.63 Å².